The maximum atomic E-state index is 13.8. The Morgan fingerprint density at radius 2 is 1.92 bits per heavy atom. The van der Waals surface area contributed by atoms with E-state index in [0.717, 1.165) is 36.6 Å². The van der Waals surface area contributed by atoms with E-state index in [1.165, 1.54) is 6.07 Å². The van der Waals surface area contributed by atoms with Gasteiger partial charge in [-0.1, -0.05) is 24.8 Å². The number of nitrogens with two attached hydrogens (primary N) is 1. The van der Waals surface area contributed by atoms with Crippen molar-refractivity contribution in [2.75, 3.05) is 28.7 Å². The van der Waals surface area contributed by atoms with Crippen LogP contribution in [0.4, 0.5) is 26.1 Å². The van der Waals surface area contributed by atoms with Gasteiger partial charge in [0, 0.05) is 23.1 Å². The molecule has 2 aromatic rings. The zero-order valence-corrected chi connectivity index (χ0v) is 21.9. The molecule has 3 aliphatic carbocycles. The summed E-state index contributed by atoms with van der Waals surface area (Å²) in [6.07, 6.45) is 2.18. The first-order valence-corrected chi connectivity index (χ1v) is 13.9. The molecule has 4 fully saturated rings. The van der Waals surface area contributed by atoms with Crippen molar-refractivity contribution in [1.82, 2.24) is 9.97 Å². The summed E-state index contributed by atoms with van der Waals surface area (Å²) in [5.74, 6) is -0.264. The van der Waals surface area contributed by atoms with Gasteiger partial charge in [-0.15, -0.1) is 0 Å². The number of nitrogen functional groups attached to an aromatic ring is 1. The van der Waals surface area contributed by atoms with Gasteiger partial charge in [0.1, 0.15) is 11.8 Å². The van der Waals surface area contributed by atoms with E-state index < -0.39 is 17.4 Å². The molecule has 1 saturated heterocycles. The van der Waals surface area contributed by atoms with E-state index in [9.17, 15) is 13.9 Å². The summed E-state index contributed by atoms with van der Waals surface area (Å²) in [4.78, 5) is 9.42. The molecule has 0 amide bonds. The Bertz CT molecular complexity index is 1220. The molecule has 0 radical (unpaired) electrons. The number of aliphatic hydroxyl groups is 1. The largest absolute Gasteiger partial charge is 0.396 e. The molecular formula is C26H33F2N5O3S. The number of nitrogens with one attached hydrogen (secondary N) is 2. The molecule has 200 valence electrons. The maximum Gasteiger partial charge on any atom is 0.191 e. The van der Waals surface area contributed by atoms with Gasteiger partial charge >= 0.3 is 0 Å². The summed E-state index contributed by atoms with van der Waals surface area (Å²) in [7, 11) is 0. The highest BCUT2D eigenvalue weighted by Gasteiger charge is 2.75. The molecule has 1 aliphatic heterocycles. The lowest BCUT2D eigenvalue weighted by Crippen LogP contribution is -2.39. The Morgan fingerprint density at radius 3 is 2.62 bits per heavy atom. The number of hydrogen-bond donors (Lipinski definition) is 4. The topological polar surface area (TPSA) is 115 Å². The lowest BCUT2D eigenvalue weighted by molar-refractivity contribution is -0.160. The molecule has 2 heterocycles. The predicted molar refractivity (Wildman–Crippen MR) is 137 cm³/mol. The summed E-state index contributed by atoms with van der Waals surface area (Å²) in [6, 6.07) is 3.94. The predicted octanol–water partition coefficient (Wildman–Crippen LogP) is 4.12. The third-order valence-electron chi connectivity index (χ3n) is 8.10. The van der Waals surface area contributed by atoms with Crippen LogP contribution in [0.15, 0.2) is 23.4 Å². The van der Waals surface area contributed by atoms with Gasteiger partial charge in [-0.3, -0.25) is 0 Å². The fraction of sp³-hybridized carbons (Fsp3) is 0.615. The SMILES string of the molecule is CCCSc1nc(NC2CC2c2ccc(F)c(F)c2)c(N)c(NC2C3OC(C)(C)OC3C3(CO)CC23)n1. The van der Waals surface area contributed by atoms with Gasteiger partial charge in [-0.25, -0.2) is 18.7 Å². The van der Waals surface area contributed by atoms with E-state index in [-0.39, 0.29) is 48.1 Å². The van der Waals surface area contributed by atoms with E-state index in [1.54, 1.807) is 17.8 Å². The second kappa shape index (κ2) is 8.93. The third-order valence-corrected chi connectivity index (χ3v) is 9.16. The molecule has 7 atom stereocenters. The molecular weight excluding hydrogens is 500 g/mol. The molecule has 3 saturated carbocycles. The lowest BCUT2D eigenvalue weighted by atomic mass is 10.0. The van der Waals surface area contributed by atoms with E-state index in [4.69, 9.17) is 20.2 Å². The summed E-state index contributed by atoms with van der Waals surface area (Å²) >= 11 is 1.55. The zero-order chi connectivity index (χ0) is 26.1. The zero-order valence-electron chi connectivity index (χ0n) is 21.1. The Balaban J connectivity index is 1.25. The van der Waals surface area contributed by atoms with Crippen molar-refractivity contribution in [3.63, 3.8) is 0 Å². The summed E-state index contributed by atoms with van der Waals surface area (Å²) in [5, 5.41) is 17.7. The number of anilines is 3. The Kier molecular flexibility index (Phi) is 6.05. The average molecular weight is 534 g/mol. The van der Waals surface area contributed by atoms with Crippen molar-refractivity contribution in [3.8, 4) is 0 Å². The number of rotatable bonds is 9. The van der Waals surface area contributed by atoms with Crippen LogP contribution in [0.25, 0.3) is 0 Å². The Morgan fingerprint density at radius 1 is 1.16 bits per heavy atom. The van der Waals surface area contributed by atoms with Gasteiger partial charge in [0.25, 0.3) is 0 Å². The van der Waals surface area contributed by atoms with Crippen LogP contribution in [-0.4, -0.2) is 57.5 Å². The van der Waals surface area contributed by atoms with Crippen LogP contribution in [0.2, 0.25) is 0 Å². The minimum absolute atomic E-state index is 0.00707. The van der Waals surface area contributed by atoms with Crippen LogP contribution in [0.3, 0.4) is 0 Å². The number of nitrogens with zero attached hydrogens (tertiary/aromatic N) is 2. The Labute approximate surface area is 219 Å². The summed E-state index contributed by atoms with van der Waals surface area (Å²) in [5.41, 5.74) is 7.43. The fourth-order valence-corrected chi connectivity index (χ4v) is 6.77. The van der Waals surface area contributed by atoms with Crippen LogP contribution in [-0.2, 0) is 9.47 Å². The standard InChI is InChI=1S/C26H33F2N5O3S/c1-4-7-37-24-32-22(30-17-9-13(17)12-5-6-15(27)16(28)8-12)18(29)23(33-24)31-19-14-10-26(14,11-34)21-20(19)35-25(2,3)36-21/h5-6,8,13-14,17,19-21,34H,4,7,9-11,29H2,1-3H3,(H2,30,31,32,33). The number of ether oxygens (including phenoxy) is 2. The molecule has 5 N–H and O–H groups in total. The van der Waals surface area contributed by atoms with Gasteiger partial charge in [-0.05, 0) is 56.7 Å². The van der Waals surface area contributed by atoms with Crippen molar-refractivity contribution in [1.29, 1.82) is 0 Å². The van der Waals surface area contributed by atoms with E-state index >= 15 is 0 Å². The van der Waals surface area contributed by atoms with Gasteiger partial charge in [0.2, 0.25) is 0 Å². The number of fused-ring (bicyclic) bond motifs is 3. The van der Waals surface area contributed by atoms with Gasteiger partial charge in [-0.2, -0.15) is 0 Å². The molecule has 6 rings (SSSR count). The molecule has 4 aliphatic rings. The van der Waals surface area contributed by atoms with Gasteiger partial charge < -0.3 is 30.9 Å². The van der Waals surface area contributed by atoms with Gasteiger partial charge in [0.15, 0.2) is 34.2 Å². The second-order valence-corrected chi connectivity index (χ2v) is 12.2. The van der Waals surface area contributed by atoms with Crippen LogP contribution in [0.1, 0.15) is 51.5 Å². The van der Waals surface area contributed by atoms with E-state index in [2.05, 4.69) is 22.5 Å². The van der Waals surface area contributed by atoms with Crippen LogP contribution >= 0.6 is 11.8 Å². The number of aromatic nitrogens is 2. The van der Waals surface area contributed by atoms with Crippen LogP contribution in [0.5, 0.6) is 0 Å². The second-order valence-electron chi connectivity index (χ2n) is 11.1. The molecule has 0 spiro atoms. The number of aliphatic hydroxyl groups excluding tert-OH is 1. The van der Waals surface area contributed by atoms with Crippen LogP contribution in [0, 0.1) is 23.0 Å². The quantitative estimate of drug-likeness (QED) is 0.279. The highest BCUT2D eigenvalue weighted by atomic mass is 32.2. The number of thioether (sulfide) groups is 1. The van der Waals surface area contributed by atoms with E-state index in [1.807, 2.05) is 13.8 Å². The Hall–Kier alpha value is -2.21. The monoisotopic (exact) mass is 533 g/mol. The molecule has 8 nitrogen and oxygen atoms in total. The third kappa shape index (κ3) is 4.33. The normalized spacial score (nSPS) is 34.6. The lowest BCUT2D eigenvalue weighted by Gasteiger charge is -2.25. The molecule has 7 unspecified atom stereocenters. The first kappa shape index (κ1) is 25.1. The molecule has 1 aromatic heterocycles. The fourth-order valence-electron chi connectivity index (χ4n) is 6.07. The van der Waals surface area contributed by atoms with Crippen molar-refractivity contribution >= 4 is 29.1 Å². The highest BCUT2D eigenvalue weighted by molar-refractivity contribution is 7.99. The number of halogens is 2. The van der Waals surface area contributed by atoms with Crippen LogP contribution < -0.4 is 16.4 Å². The molecule has 11 heteroatoms. The van der Waals surface area contributed by atoms with E-state index in [0.29, 0.717) is 22.5 Å². The minimum atomic E-state index is -0.850. The first-order chi connectivity index (χ1) is 17.7. The summed E-state index contributed by atoms with van der Waals surface area (Å²) < 4.78 is 39.6. The van der Waals surface area contributed by atoms with Gasteiger partial charge in [0.05, 0.1) is 18.8 Å². The minimum Gasteiger partial charge on any atom is -0.396 e. The summed E-state index contributed by atoms with van der Waals surface area (Å²) in [6.45, 7) is 5.93. The van der Waals surface area contributed by atoms with Crippen molar-refractivity contribution < 1.29 is 23.4 Å². The van der Waals surface area contributed by atoms with Crippen molar-refractivity contribution in [2.24, 2.45) is 11.3 Å². The first-order valence-electron chi connectivity index (χ1n) is 12.9. The molecule has 0 bridgehead atoms. The molecule has 37 heavy (non-hydrogen) atoms. The smallest absolute Gasteiger partial charge is 0.191 e. The average Bonchev–Trinajstić information content (AvgIpc) is 3.74. The van der Waals surface area contributed by atoms with Crippen molar-refractivity contribution in [3.05, 3.63) is 35.4 Å². The maximum absolute atomic E-state index is 13.8. The number of benzene rings is 1. The van der Waals surface area contributed by atoms with Crippen molar-refractivity contribution in [2.45, 2.75) is 81.2 Å². The molecule has 1 aromatic carbocycles. The highest BCUT2D eigenvalue weighted by Crippen LogP contribution is 2.67. The number of hydrogen-bond acceptors (Lipinski definition) is 9.